The summed E-state index contributed by atoms with van der Waals surface area (Å²) < 4.78 is 4.59. The highest BCUT2D eigenvalue weighted by Gasteiger charge is 2.01. The Kier molecular flexibility index (Phi) is 8.28. The summed E-state index contributed by atoms with van der Waals surface area (Å²) in [6.07, 6.45) is 2.14. The van der Waals surface area contributed by atoms with Gasteiger partial charge in [-0.2, -0.15) is 0 Å². The second-order valence-corrected chi connectivity index (χ2v) is 4.95. The largest absolute Gasteiger partial charge is 0.469 e. The van der Waals surface area contributed by atoms with Crippen LogP contribution >= 0.6 is 11.6 Å². The van der Waals surface area contributed by atoms with Crippen molar-refractivity contribution in [3.05, 3.63) is 34.9 Å². The van der Waals surface area contributed by atoms with Crippen molar-refractivity contribution in [2.45, 2.75) is 25.8 Å². The zero-order valence-electron chi connectivity index (χ0n) is 12.5. The monoisotopic (exact) mass is 311 g/mol. The third-order valence-corrected chi connectivity index (χ3v) is 3.18. The molecule has 0 fully saturated rings. The van der Waals surface area contributed by atoms with Crippen LogP contribution in [-0.4, -0.2) is 32.6 Å². The minimum absolute atomic E-state index is 0.166. The molecule has 1 aromatic rings. The summed E-state index contributed by atoms with van der Waals surface area (Å²) in [6, 6.07) is 7.67. The van der Waals surface area contributed by atoms with Crippen LogP contribution in [0.1, 0.15) is 24.8 Å². The minimum Gasteiger partial charge on any atom is -0.469 e. The molecule has 0 aliphatic carbocycles. The number of halogens is 1. The van der Waals surface area contributed by atoms with Crippen LogP contribution in [0.4, 0.5) is 0 Å². The van der Waals surface area contributed by atoms with E-state index in [-0.39, 0.29) is 5.97 Å². The Morgan fingerprint density at radius 1 is 1.24 bits per heavy atom. The van der Waals surface area contributed by atoms with Gasteiger partial charge in [0, 0.05) is 31.6 Å². The number of guanidine groups is 1. The molecule has 0 heterocycles. The van der Waals surface area contributed by atoms with E-state index in [0.717, 1.165) is 35.9 Å². The molecule has 0 aliphatic heterocycles. The summed E-state index contributed by atoms with van der Waals surface area (Å²) in [6.45, 7) is 1.44. The molecule has 6 heteroatoms. The number of unbranched alkanes of at least 4 members (excludes halogenated alkanes) is 1. The molecule has 0 aromatic heterocycles. The molecule has 0 bridgehead atoms. The van der Waals surface area contributed by atoms with Crippen molar-refractivity contribution in [2.24, 2.45) is 4.99 Å². The molecule has 0 atom stereocenters. The molecule has 1 rings (SSSR count). The Morgan fingerprint density at radius 3 is 2.57 bits per heavy atom. The Morgan fingerprint density at radius 2 is 1.95 bits per heavy atom. The second-order valence-electron chi connectivity index (χ2n) is 4.51. The van der Waals surface area contributed by atoms with Gasteiger partial charge in [0.05, 0.1) is 7.11 Å². The predicted molar refractivity (Wildman–Crippen MR) is 85.5 cm³/mol. The van der Waals surface area contributed by atoms with Gasteiger partial charge in [0.1, 0.15) is 0 Å². The first-order chi connectivity index (χ1) is 10.2. The van der Waals surface area contributed by atoms with E-state index in [1.54, 1.807) is 7.05 Å². The number of hydrogen-bond donors (Lipinski definition) is 2. The fourth-order valence-corrected chi connectivity index (χ4v) is 1.84. The number of benzene rings is 1. The first kappa shape index (κ1) is 17.3. The van der Waals surface area contributed by atoms with Gasteiger partial charge in [-0.1, -0.05) is 23.7 Å². The predicted octanol–water partition coefficient (Wildman–Crippen LogP) is 2.35. The average Bonchev–Trinajstić information content (AvgIpc) is 2.51. The number of carbonyl (C=O) groups is 1. The highest BCUT2D eigenvalue weighted by atomic mass is 35.5. The van der Waals surface area contributed by atoms with Gasteiger partial charge in [-0.25, -0.2) is 0 Å². The lowest BCUT2D eigenvalue weighted by Gasteiger charge is -2.11. The van der Waals surface area contributed by atoms with Gasteiger partial charge in [0.25, 0.3) is 0 Å². The van der Waals surface area contributed by atoms with E-state index >= 15 is 0 Å². The molecule has 0 radical (unpaired) electrons. The Hall–Kier alpha value is -1.75. The number of methoxy groups -OCH3 is 1. The van der Waals surface area contributed by atoms with Gasteiger partial charge in [-0.3, -0.25) is 9.79 Å². The van der Waals surface area contributed by atoms with Gasteiger partial charge in [0.15, 0.2) is 5.96 Å². The van der Waals surface area contributed by atoms with Crippen LogP contribution in [-0.2, 0) is 16.1 Å². The smallest absolute Gasteiger partial charge is 0.305 e. The molecule has 2 N–H and O–H groups in total. The highest BCUT2D eigenvalue weighted by molar-refractivity contribution is 6.30. The van der Waals surface area contributed by atoms with Crippen molar-refractivity contribution in [3.8, 4) is 0 Å². The molecule has 0 saturated carbocycles. The molecular formula is C15H22ClN3O2. The van der Waals surface area contributed by atoms with E-state index in [1.807, 2.05) is 24.3 Å². The van der Waals surface area contributed by atoms with Crippen molar-refractivity contribution in [2.75, 3.05) is 20.7 Å². The molecule has 0 spiro atoms. The zero-order chi connectivity index (χ0) is 15.5. The maximum Gasteiger partial charge on any atom is 0.305 e. The van der Waals surface area contributed by atoms with Crippen molar-refractivity contribution in [1.82, 2.24) is 10.6 Å². The molecule has 1 aromatic carbocycles. The number of esters is 1. The standard InChI is InChI=1S/C15H22ClN3O2/c1-17-15(18-10-4-3-5-14(20)21-2)19-11-12-6-8-13(16)9-7-12/h6-9H,3-5,10-11H2,1-2H3,(H2,17,18,19). The van der Waals surface area contributed by atoms with Crippen LogP contribution in [0.3, 0.4) is 0 Å². The summed E-state index contributed by atoms with van der Waals surface area (Å²) in [5, 5.41) is 7.15. The van der Waals surface area contributed by atoms with E-state index < -0.39 is 0 Å². The van der Waals surface area contributed by atoms with Gasteiger partial charge in [-0.15, -0.1) is 0 Å². The average molecular weight is 312 g/mol. The van der Waals surface area contributed by atoms with E-state index in [1.165, 1.54) is 7.11 Å². The fourth-order valence-electron chi connectivity index (χ4n) is 1.71. The van der Waals surface area contributed by atoms with Crippen molar-refractivity contribution >= 4 is 23.5 Å². The second kappa shape index (κ2) is 10.0. The summed E-state index contributed by atoms with van der Waals surface area (Å²) >= 11 is 5.84. The molecule has 0 unspecified atom stereocenters. The topological polar surface area (TPSA) is 62.7 Å². The quantitative estimate of drug-likeness (QED) is 0.351. The number of nitrogens with zero attached hydrogens (tertiary/aromatic N) is 1. The summed E-state index contributed by atoms with van der Waals surface area (Å²) in [5.74, 6) is 0.572. The molecule has 116 valence electrons. The maximum atomic E-state index is 11.0. The lowest BCUT2D eigenvalue weighted by Crippen LogP contribution is -2.37. The molecule has 0 saturated heterocycles. The van der Waals surface area contributed by atoms with Crippen LogP contribution in [0.15, 0.2) is 29.3 Å². The van der Waals surface area contributed by atoms with Gasteiger partial charge in [-0.05, 0) is 30.5 Å². The van der Waals surface area contributed by atoms with Crippen molar-refractivity contribution in [1.29, 1.82) is 0 Å². The lowest BCUT2D eigenvalue weighted by molar-refractivity contribution is -0.140. The molecule has 21 heavy (non-hydrogen) atoms. The number of aliphatic imine (C=N–C) groups is 1. The Bertz CT molecular complexity index is 460. The fraction of sp³-hybridized carbons (Fsp3) is 0.467. The normalized spacial score (nSPS) is 11.1. The molecule has 0 aliphatic rings. The van der Waals surface area contributed by atoms with Gasteiger partial charge < -0.3 is 15.4 Å². The maximum absolute atomic E-state index is 11.0. The van der Waals surface area contributed by atoms with Gasteiger partial charge >= 0.3 is 5.97 Å². The SMILES string of the molecule is CN=C(NCCCCC(=O)OC)NCc1ccc(Cl)cc1. The van der Waals surface area contributed by atoms with Gasteiger partial charge in [0.2, 0.25) is 0 Å². The molecule has 5 nitrogen and oxygen atoms in total. The van der Waals surface area contributed by atoms with E-state index in [0.29, 0.717) is 13.0 Å². The number of ether oxygens (including phenoxy) is 1. The summed E-state index contributed by atoms with van der Waals surface area (Å²) in [5.41, 5.74) is 1.13. The first-order valence-corrected chi connectivity index (χ1v) is 7.29. The Labute approximate surface area is 130 Å². The molecule has 0 amide bonds. The van der Waals surface area contributed by atoms with Crippen LogP contribution in [0.5, 0.6) is 0 Å². The Balaban J connectivity index is 2.20. The van der Waals surface area contributed by atoms with Crippen molar-refractivity contribution in [3.63, 3.8) is 0 Å². The zero-order valence-corrected chi connectivity index (χ0v) is 13.2. The lowest BCUT2D eigenvalue weighted by atomic mass is 10.2. The van der Waals surface area contributed by atoms with E-state index in [4.69, 9.17) is 11.6 Å². The van der Waals surface area contributed by atoms with Crippen molar-refractivity contribution < 1.29 is 9.53 Å². The number of hydrogen-bond acceptors (Lipinski definition) is 3. The number of carbonyl (C=O) groups excluding carboxylic acids is 1. The van der Waals surface area contributed by atoms with Crippen LogP contribution in [0, 0.1) is 0 Å². The summed E-state index contributed by atoms with van der Waals surface area (Å²) in [4.78, 5) is 15.1. The summed E-state index contributed by atoms with van der Waals surface area (Å²) in [7, 11) is 3.13. The number of nitrogens with one attached hydrogen (secondary N) is 2. The third-order valence-electron chi connectivity index (χ3n) is 2.92. The third kappa shape index (κ3) is 7.56. The molecular weight excluding hydrogens is 290 g/mol. The minimum atomic E-state index is -0.166. The van der Waals surface area contributed by atoms with Crippen LogP contribution in [0.2, 0.25) is 5.02 Å². The number of rotatable bonds is 7. The first-order valence-electron chi connectivity index (χ1n) is 6.91. The van der Waals surface area contributed by atoms with E-state index in [9.17, 15) is 4.79 Å². The van der Waals surface area contributed by atoms with Crippen LogP contribution < -0.4 is 10.6 Å². The highest BCUT2D eigenvalue weighted by Crippen LogP contribution is 2.08. The van der Waals surface area contributed by atoms with E-state index in [2.05, 4.69) is 20.4 Å². The van der Waals surface area contributed by atoms with Crippen LogP contribution in [0.25, 0.3) is 0 Å².